The van der Waals surface area contributed by atoms with Crippen LogP contribution in [0.25, 0.3) is 43.6 Å². The number of carbonyl (C=O) groups excluding carboxylic acids is 1. The van der Waals surface area contributed by atoms with Gasteiger partial charge in [0.1, 0.15) is 5.75 Å². The summed E-state index contributed by atoms with van der Waals surface area (Å²) in [6.45, 7) is 1.22. The highest BCUT2D eigenvalue weighted by Gasteiger charge is 2.41. The number of benzene rings is 4. The molecule has 5 heteroatoms. The van der Waals surface area contributed by atoms with Crippen LogP contribution in [0, 0.1) is 0 Å². The van der Waals surface area contributed by atoms with Gasteiger partial charge in [-0.05, 0) is 54.7 Å². The second-order valence-corrected chi connectivity index (χ2v) is 11.2. The Bertz CT molecular complexity index is 1980. The van der Waals surface area contributed by atoms with Crippen molar-refractivity contribution in [2.24, 2.45) is 0 Å². The molecule has 3 aliphatic rings. The molecule has 1 aliphatic carbocycles. The van der Waals surface area contributed by atoms with Gasteiger partial charge in [0.05, 0.1) is 23.7 Å². The maximum absolute atomic E-state index is 14.3. The van der Waals surface area contributed by atoms with Gasteiger partial charge < -0.3 is 18.8 Å². The Morgan fingerprint density at radius 2 is 1.39 bits per heavy atom. The Kier molecular flexibility index (Phi) is 3.93. The van der Waals surface area contributed by atoms with E-state index in [1.54, 1.807) is 7.11 Å². The van der Waals surface area contributed by atoms with E-state index in [0.717, 1.165) is 28.7 Å². The van der Waals surface area contributed by atoms with Gasteiger partial charge in [0.25, 0.3) is 5.91 Å². The third kappa shape index (κ3) is 2.45. The number of ether oxygens (including phenoxy) is 1. The van der Waals surface area contributed by atoms with Crippen LogP contribution >= 0.6 is 0 Å². The summed E-state index contributed by atoms with van der Waals surface area (Å²) in [7, 11) is 1.68. The van der Waals surface area contributed by atoms with Crippen LogP contribution in [-0.2, 0) is 13.1 Å². The molecule has 186 valence electrons. The molecule has 4 aromatic carbocycles. The minimum Gasteiger partial charge on any atom is -0.497 e. The number of amides is 1. The zero-order valence-corrected chi connectivity index (χ0v) is 21.3. The number of fused-ring (bicyclic) bond motifs is 13. The van der Waals surface area contributed by atoms with E-state index in [1.807, 2.05) is 17.0 Å². The number of hydrogen-bond donors (Lipinski definition) is 0. The predicted octanol–water partition coefficient (Wildman–Crippen LogP) is 7.35. The first-order valence-electron chi connectivity index (χ1n) is 13.6. The van der Waals surface area contributed by atoms with Gasteiger partial charge in [-0.3, -0.25) is 4.79 Å². The standard InChI is InChI=1S/C33H27N3O2/c1-38-22-14-10-19(11-15-22)17-34-18-25-28-23-6-2-4-8-26(23)35-20-12-13-21(16-20)36-27-9-5-3-7-24(27)29(30(25)33(34)37)32(36)31(28)35/h2-11,14-15,20-21H,12-13,16-18H2,1H3/t20-,21+/m0/s1. The third-order valence-corrected chi connectivity index (χ3v) is 9.39. The Hall–Kier alpha value is -4.25. The quantitative estimate of drug-likeness (QED) is 0.256. The fourth-order valence-corrected chi connectivity index (χ4v) is 7.88. The van der Waals surface area contributed by atoms with Gasteiger partial charge in [-0.25, -0.2) is 0 Å². The van der Waals surface area contributed by atoms with Crippen molar-refractivity contribution in [1.29, 1.82) is 0 Å². The molecule has 0 N–H and O–H groups in total. The molecular formula is C33H27N3O2. The summed E-state index contributed by atoms with van der Waals surface area (Å²) >= 11 is 0. The molecule has 2 bridgehead atoms. The van der Waals surface area contributed by atoms with Crippen molar-refractivity contribution in [3.05, 3.63) is 89.5 Å². The van der Waals surface area contributed by atoms with Crippen LogP contribution < -0.4 is 4.74 Å². The maximum Gasteiger partial charge on any atom is 0.255 e. The average molecular weight is 498 g/mol. The minimum atomic E-state index is 0.145. The van der Waals surface area contributed by atoms with Gasteiger partial charge in [0.15, 0.2) is 0 Å². The first kappa shape index (κ1) is 20.8. The molecule has 0 saturated heterocycles. The van der Waals surface area contributed by atoms with Crippen LogP contribution in [0.3, 0.4) is 0 Å². The molecule has 0 radical (unpaired) electrons. The smallest absolute Gasteiger partial charge is 0.255 e. The van der Waals surface area contributed by atoms with Crippen molar-refractivity contribution < 1.29 is 9.53 Å². The summed E-state index contributed by atoms with van der Waals surface area (Å²) in [6, 6.07) is 26.6. The molecule has 2 aliphatic heterocycles. The molecule has 0 unspecified atom stereocenters. The van der Waals surface area contributed by atoms with E-state index in [2.05, 4.69) is 69.8 Å². The maximum atomic E-state index is 14.3. The van der Waals surface area contributed by atoms with Gasteiger partial charge >= 0.3 is 0 Å². The average Bonchev–Trinajstić information content (AvgIpc) is 3.68. The first-order chi connectivity index (χ1) is 18.7. The highest BCUT2D eigenvalue weighted by Crippen LogP contribution is 2.54. The van der Waals surface area contributed by atoms with Crippen molar-refractivity contribution >= 4 is 49.5 Å². The number of rotatable bonds is 3. The highest BCUT2D eigenvalue weighted by molar-refractivity contribution is 6.31. The largest absolute Gasteiger partial charge is 0.497 e. The molecule has 6 aromatic rings. The number of aromatic nitrogens is 2. The lowest BCUT2D eigenvalue weighted by Gasteiger charge is -2.16. The minimum absolute atomic E-state index is 0.145. The van der Waals surface area contributed by atoms with E-state index >= 15 is 0 Å². The molecule has 2 aromatic heterocycles. The lowest BCUT2D eigenvalue weighted by molar-refractivity contribution is 0.0768. The summed E-state index contributed by atoms with van der Waals surface area (Å²) < 4.78 is 10.6. The van der Waals surface area contributed by atoms with E-state index in [4.69, 9.17) is 4.74 Å². The monoisotopic (exact) mass is 497 g/mol. The van der Waals surface area contributed by atoms with E-state index in [9.17, 15) is 4.79 Å². The van der Waals surface area contributed by atoms with Crippen LogP contribution in [0.1, 0.15) is 52.8 Å². The first-order valence-corrected chi connectivity index (χ1v) is 13.6. The summed E-state index contributed by atoms with van der Waals surface area (Å²) in [5.74, 6) is 0.977. The van der Waals surface area contributed by atoms with Crippen LogP contribution in [0.5, 0.6) is 5.75 Å². The molecule has 2 atom stereocenters. The molecular weight excluding hydrogens is 470 g/mol. The Morgan fingerprint density at radius 1 is 0.789 bits per heavy atom. The molecule has 1 fully saturated rings. The fraction of sp³-hybridized carbons (Fsp3) is 0.242. The molecule has 9 rings (SSSR count). The number of methoxy groups -OCH3 is 1. The lowest BCUT2D eigenvalue weighted by atomic mass is 9.97. The van der Waals surface area contributed by atoms with E-state index in [-0.39, 0.29) is 5.91 Å². The molecule has 0 spiro atoms. The van der Waals surface area contributed by atoms with Crippen molar-refractivity contribution in [3.63, 3.8) is 0 Å². The van der Waals surface area contributed by atoms with Crippen molar-refractivity contribution in [2.45, 2.75) is 44.4 Å². The normalized spacial score (nSPS) is 19.9. The summed E-state index contributed by atoms with van der Waals surface area (Å²) in [5.41, 5.74) is 8.40. The van der Waals surface area contributed by atoms with Crippen molar-refractivity contribution in [1.82, 2.24) is 14.0 Å². The van der Waals surface area contributed by atoms with Crippen LogP contribution in [0.2, 0.25) is 0 Å². The summed E-state index contributed by atoms with van der Waals surface area (Å²) in [6.07, 6.45) is 3.53. The van der Waals surface area contributed by atoms with Gasteiger partial charge in [-0.1, -0.05) is 48.5 Å². The number of hydrogen-bond acceptors (Lipinski definition) is 2. The molecule has 4 heterocycles. The van der Waals surface area contributed by atoms with Crippen LogP contribution in [-0.4, -0.2) is 27.1 Å². The molecule has 5 nitrogen and oxygen atoms in total. The Labute approximate surface area is 219 Å². The number of nitrogens with zero attached hydrogens (tertiary/aromatic N) is 3. The number of para-hydroxylation sites is 2. The molecule has 1 saturated carbocycles. The van der Waals surface area contributed by atoms with E-state index in [0.29, 0.717) is 25.2 Å². The van der Waals surface area contributed by atoms with Crippen LogP contribution in [0.4, 0.5) is 0 Å². The predicted molar refractivity (Wildman–Crippen MR) is 151 cm³/mol. The van der Waals surface area contributed by atoms with Gasteiger partial charge in [0, 0.05) is 57.8 Å². The van der Waals surface area contributed by atoms with Gasteiger partial charge in [0.2, 0.25) is 0 Å². The Balaban J connectivity index is 1.40. The zero-order chi connectivity index (χ0) is 25.1. The Morgan fingerprint density at radius 3 is 2.05 bits per heavy atom. The third-order valence-electron chi connectivity index (χ3n) is 9.39. The SMILES string of the molecule is COc1ccc(CN2Cc3c(c4c5ccccc5n5c4c4c3c3ccccc3n4[C@H]3CC[C@@H]5C3)C2=O)cc1. The summed E-state index contributed by atoms with van der Waals surface area (Å²) in [5, 5.41) is 4.93. The second kappa shape index (κ2) is 7.19. The van der Waals surface area contributed by atoms with E-state index < -0.39 is 0 Å². The van der Waals surface area contributed by atoms with Crippen molar-refractivity contribution in [2.75, 3.05) is 7.11 Å². The fourth-order valence-electron chi connectivity index (χ4n) is 7.88. The molecule has 1 amide bonds. The van der Waals surface area contributed by atoms with Gasteiger partial charge in [-0.2, -0.15) is 0 Å². The zero-order valence-electron chi connectivity index (χ0n) is 21.3. The highest BCUT2D eigenvalue weighted by atomic mass is 16.5. The van der Waals surface area contributed by atoms with E-state index in [1.165, 1.54) is 56.6 Å². The van der Waals surface area contributed by atoms with Crippen molar-refractivity contribution in [3.8, 4) is 5.75 Å². The molecule has 38 heavy (non-hydrogen) atoms. The van der Waals surface area contributed by atoms with Crippen LogP contribution in [0.15, 0.2) is 72.8 Å². The number of carbonyl (C=O) groups is 1. The lowest BCUT2D eigenvalue weighted by Crippen LogP contribution is -2.23. The summed E-state index contributed by atoms with van der Waals surface area (Å²) in [4.78, 5) is 16.4. The topological polar surface area (TPSA) is 39.4 Å². The van der Waals surface area contributed by atoms with Gasteiger partial charge in [-0.15, -0.1) is 0 Å². The second-order valence-electron chi connectivity index (χ2n) is 11.2.